The lowest BCUT2D eigenvalue weighted by atomic mass is 10.1. The molecule has 3 aromatic rings. The molecule has 0 aliphatic rings. The van der Waals surface area contributed by atoms with Crippen molar-refractivity contribution >= 4 is 49.9 Å². The van der Waals surface area contributed by atoms with Crippen molar-refractivity contribution in [3.8, 4) is 5.75 Å². The third-order valence-corrected chi connectivity index (χ3v) is 5.56. The topological polar surface area (TPSA) is 38.3 Å². The van der Waals surface area contributed by atoms with E-state index in [0.29, 0.717) is 10.8 Å². The monoisotopic (exact) mass is 417 g/mol. The van der Waals surface area contributed by atoms with Gasteiger partial charge < -0.3 is 10.1 Å². The number of benzene rings is 3. The summed E-state index contributed by atoms with van der Waals surface area (Å²) in [6, 6.07) is 15.5. The first-order valence-electron chi connectivity index (χ1n) is 7.83. The summed E-state index contributed by atoms with van der Waals surface area (Å²) >= 11 is 9.69. The van der Waals surface area contributed by atoms with Gasteiger partial charge in [-0.05, 0) is 58.4 Å². The van der Waals surface area contributed by atoms with Gasteiger partial charge in [0.1, 0.15) is 5.75 Å². The van der Waals surface area contributed by atoms with Crippen LogP contribution in [-0.4, -0.2) is 12.5 Å². The number of carbonyl (C=O) groups excluding carboxylic acids is 1. The maximum atomic E-state index is 12.3. The molecule has 3 rings (SSSR count). The minimum atomic E-state index is -0.214. The Morgan fingerprint density at radius 1 is 1.16 bits per heavy atom. The first-order chi connectivity index (χ1) is 12.0. The van der Waals surface area contributed by atoms with Crippen molar-refractivity contribution in [1.82, 2.24) is 0 Å². The Morgan fingerprint density at radius 3 is 2.68 bits per heavy atom. The maximum absolute atomic E-state index is 12.3. The number of anilines is 1. The normalized spacial score (nSPS) is 10.7. The summed E-state index contributed by atoms with van der Waals surface area (Å²) in [7, 11) is 0. The summed E-state index contributed by atoms with van der Waals surface area (Å²) in [5, 5.41) is 5.68. The summed E-state index contributed by atoms with van der Waals surface area (Å²) < 4.78 is 6.45. The third-order valence-electron chi connectivity index (χ3n) is 3.99. The molecular weight excluding hydrogens is 402 g/mol. The number of nitrogens with one attached hydrogen (secondary N) is 1. The van der Waals surface area contributed by atoms with Crippen LogP contribution >= 0.6 is 27.5 Å². The van der Waals surface area contributed by atoms with E-state index in [1.165, 1.54) is 0 Å². The van der Waals surface area contributed by atoms with Crippen molar-refractivity contribution in [3.05, 3.63) is 69.2 Å². The van der Waals surface area contributed by atoms with Crippen LogP contribution in [0, 0.1) is 13.8 Å². The van der Waals surface area contributed by atoms with Gasteiger partial charge in [0.2, 0.25) is 0 Å². The lowest BCUT2D eigenvalue weighted by Crippen LogP contribution is -2.20. The fourth-order valence-electron chi connectivity index (χ4n) is 2.67. The average molecular weight is 419 g/mol. The molecule has 1 amide bonds. The number of hydrogen-bond donors (Lipinski definition) is 1. The molecule has 0 aliphatic carbocycles. The minimum absolute atomic E-state index is 0.0810. The molecule has 0 aliphatic heterocycles. The third kappa shape index (κ3) is 3.80. The van der Waals surface area contributed by atoms with Gasteiger partial charge in [0.25, 0.3) is 5.91 Å². The van der Waals surface area contributed by atoms with Crippen LogP contribution in [0.3, 0.4) is 0 Å². The van der Waals surface area contributed by atoms with E-state index in [1.807, 2.05) is 62.4 Å². The smallest absolute Gasteiger partial charge is 0.262 e. The van der Waals surface area contributed by atoms with Crippen LogP contribution in [0.2, 0.25) is 5.02 Å². The summed E-state index contributed by atoms with van der Waals surface area (Å²) in [6.07, 6.45) is 0. The highest BCUT2D eigenvalue weighted by molar-refractivity contribution is 9.10. The number of hydrogen-bond acceptors (Lipinski definition) is 2. The predicted molar refractivity (Wildman–Crippen MR) is 107 cm³/mol. The van der Waals surface area contributed by atoms with E-state index in [2.05, 4.69) is 21.2 Å². The number of rotatable bonds is 4. The van der Waals surface area contributed by atoms with Gasteiger partial charge in [-0.3, -0.25) is 4.79 Å². The Hall–Kier alpha value is -2.04. The zero-order valence-corrected chi connectivity index (χ0v) is 16.2. The molecule has 0 saturated heterocycles. The van der Waals surface area contributed by atoms with Crippen LogP contribution in [0.25, 0.3) is 10.8 Å². The summed E-state index contributed by atoms with van der Waals surface area (Å²) in [4.78, 5) is 12.3. The first-order valence-corrected chi connectivity index (χ1v) is 9.00. The predicted octanol–water partition coefficient (Wildman–Crippen LogP) is 5.89. The Bertz CT molecular complexity index is 951. The average Bonchev–Trinajstić information content (AvgIpc) is 2.62. The van der Waals surface area contributed by atoms with Crippen molar-refractivity contribution in [3.63, 3.8) is 0 Å². The highest BCUT2D eigenvalue weighted by atomic mass is 79.9. The van der Waals surface area contributed by atoms with Gasteiger partial charge in [0, 0.05) is 16.1 Å². The lowest BCUT2D eigenvalue weighted by Gasteiger charge is -2.13. The number of ether oxygens (including phenoxy) is 1. The van der Waals surface area contributed by atoms with Crippen molar-refractivity contribution in [1.29, 1.82) is 0 Å². The number of carbonyl (C=O) groups is 1. The Labute approximate surface area is 160 Å². The van der Waals surface area contributed by atoms with E-state index in [9.17, 15) is 4.79 Å². The molecule has 0 spiro atoms. The molecule has 0 saturated carbocycles. The van der Waals surface area contributed by atoms with E-state index >= 15 is 0 Å². The van der Waals surface area contributed by atoms with E-state index < -0.39 is 0 Å². The standard InChI is InChI=1S/C20H17BrClNO2/c1-12-10-17(19(21)13(2)20(12)22)25-11-18(24)23-16-9-5-7-14-6-3-4-8-15(14)16/h3-10H,11H2,1-2H3,(H,23,24). The van der Waals surface area contributed by atoms with E-state index in [-0.39, 0.29) is 12.5 Å². The molecule has 0 unspecified atom stereocenters. The van der Waals surface area contributed by atoms with E-state index in [4.69, 9.17) is 16.3 Å². The summed E-state index contributed by atoms with van der Waals surface area (Å²) in [5.41, 5.74) is 2.58. The molecule has 1 N–H and O–H groups in total. The number of aryl methyl sites for hydroxylation is 1. The molecule has 25 heavy (non-hydrogen) atoms. The zero-order valence-electron chi connectivity index (χ0n) is 13.9. The van der Waals surface area contributed by atoms with Crippen LogP contribution in [0.1, 0.15) is 11.1 Å². The lowest BCUT2D eigenvalue weighted by molar-refractivity contribution is -0.118. The largest absolute Gasteiger partial charge is 0.483 e. The van der Waals surface area contributed by atoms with Crippen molar-refractivity contribution in [2.75, 3.05) is 11.9 Å². The molecule has 5 heteroatoms. The second-order valence-corrected chi connectivity index (χ2v) is 6.98. The van der Waals surface area contributed by atoms with Gasteiger partial charge in [-0.15, -0.1) is 0 Å². The van der Waals surface area contributed by atoms with Crippen LogP contribution < -0.4 is 10.1 Å². The van der Waals surface area contributed by atoms with Gasteiger partial charge in [-0.1, -0.05) is 48.0 Å². The van der Waals surface area contributed by atoms with Crippen LogP contribution in [0.4, 0.5) is 5.69 Å². The molecule has 0 aromatic heterocycles. The van der Waals surface area contributed by atoms with Crippen LogP contribution in [-0.2, 0) is 4.79 Å². The second-order valence-electron chi connectivity index (χ2n) is 5.81. The molecule has 0 atom stereocenters. The van der Waals surface area contributed by atoms with Gasteiger partial charge in [-0.2, -0.15) is 0 Å². The van der Waals surface area contributed by atoms with Gasteiger partial charge in [0.05, 0.1) is 4.47 Å². The molecule has 0 heterocycles. The molecule has 3 nitrogen and oxygen atoms in total. The van der Waals surface area contributed by atoms with Crippen LogP contribution in [0.5, 0.6) is 5.75 Å². The zero-order chi connectivity index (χ0) is 18.0. The van der Waals surface area contributed by atoms with Gasteiger partial charge in [-0.25, -0.2) is 0 Å². The highest BCUT2D eigenvalue weighted by Gasteiger charge is 2.13. The van der Waals surface area contributed by atoms with E-state index in [1.54, 1.807) is 0 Å². The summed E-state index contributed by atoms with van der Waals surface area (Å²) in [5.74, 6) is 0.390. The maximum Gasteiger partial charge on any atom is 0.262 e. The molecular formula is C20H17BrClNO2. The molecule has 128 valence electrons. The first kappa shape index (κ1) is 17.8. The second kappa shape index (κ2) is 7.46. The summed E-state index contributed by atoms with van der Waals surface area (Å²) in [6.45, 7) is 3.73. The van der Waals surface area contributed by atoms with Gasteiger partial charge >= 0.3 is 0 Å². The minimum Gasteiger partial charge on any atom is -0.483 e. The van der Waals surface area contributed by atoms with Gasteiger partial charge in [0.15, 0.2) is 6.61 Å². The Morgan fingerprint density at radius 2 is 1.88 bits per heavy atom. The Balaban J connectivity index is 1.73. The molecule has 0 radical (unpaired) electrons. The number of halogens is 2. The fourth-order valence-corrected chi connectivity index (χ4v) is 3.36. The van der Waals surface area contributed by atoms with Crippen molar-refractivity contribution < 1.29 is 9.53 Å². The van der Waals surface area contributed by atoms with Crippen LogP contribution in [0.15, 0.2) is 53.0 Å². The quantitative estimate of drug-likeness (QED) is 0.573. The number of fused-ring (bicyclic) bond motifs is 1. The highest BCUT2D eigenvalue weighted by Crippen LogP contribution is 2.35. The molecule has 0 fully saturated rings. The SMILES string of the molecule is Cc1cc(OCC(=O)Nc2cccc3ccccc23)c(Br)c(C)c1Cl. The van der Waals surface area contributed by atoms with E-state index in [0.717, 1.165) is 32.1 Å². The Kier molecular flexibility index (Phi) is 5.30. The number of amides is 1. The molecule has 0 bridgehead atoms. The fraction of sp³-hybridized carbons (Fsp3) is 0.150. The van der Waals surface area contributed by atoms with Crippen molar-refractivity contribution in [2.45, 2.75) is 13.8 Å². The molecule has 3 aromatic carbocycles. The van der Waals surface area contributed by atoms with Crippen molar-refractivity contribution in [2.24, 2.45) is 0 Å².